The van der Waals surface area contributed by atoms with Gasteiger partial charge in [0, 0.05) is 32.5 Å². The van der Waals surface area contributed by atoms with Crippen molar-refractivity contribution in [2.24, 2.45) is 0 Å². The molecule has 0 unspecified atom stereocenters. The number of ether oxygens (including phenoxy) is 1. The predicted octanol–water partition coefficient (Wildman–Crippen LogP) is 4.94. The highest BCUT2D eigenvalue weighted by Crippen LogP contribution is 2.47. The Kier molecular flexibility index (Phi) is 5.05. The number of aromatic amines is 1. The quantitative estimate of drug-likeness (QED) is 0.494. The number of imidazole rings is 1. The summed E-state index contributed by atoms with van der Waals surface area (Å²) < 4.78 is 5.77. The molecular weight excluding hydrogens is 366 g/mol. The van der Waals surface area contributed by atoms with Crippen LogP contribution in [0.15, 0.2) is 52.3 Å². The van der Waals surface area contributed by atoms with Crippen LogP contribution in [0.3, 0.4) is 0 Å². The lowest BCUT2D eigenvalue weighted by Crippen LogP contribution is -2.18. The van der Waals surface area contributed by atoms with E-state index in [9.17, 15) is 0 Å². The number of likely N-dealkylation sites (N-methyl/N-ethyl adjacent to an activating group) is 1. The third-order valence-corrected chi connectivity index (χ3v) is 5.63. The monoisotopic (exact) mass is 385 g/mol. The second kappa shape index (κ2) is 7.45. The summed E-state index contributed by atoms with van der Waals surface area (Å²) in [7, 11) is 4.07. The third-order valence-electron chi connectivity index (χ3n) is 4.25. The summed E-state index contributed by atoms with van der Waals surface area (Å²) in [4.78, 5) is 12.8. The van der Waals surface area contributed by atoms with Gasteiger partial charge in [0.05, 0.1) is 18.0 Å². The van der Waals surface area contributed by atoms with Gasteiger partial charge < -0.3 is 14.6 Å². The lowest BCUT2D eigenvalue weighted by atomic mass is 10.1. The molecule has 0 amide bonds. The standard InChI is InChI=1S/C20H20ClN3OS/c1-24(2)9-10-25-12-18-22-19-14-5-3-4-6-16(14)26-17-8-7-13(21)11-15(17)20(19)23-18/h3-8,11H,9-10,12H2,1-2H3,(H,22,23). The Morgan fingerprint density at radius 3 is 2.77 bits per heavy atom. The molecule has 4 nitrogen and oxygen atoms in total. The van der Waals surface area contributed by atoms with E-state index in [4.69, 9.17) is 21.3 Å². The molecule has 3 aromatic rings. The minimum absolute atomic E-state index is 0.464. The van der Waals surface area contributed by atoms with Gasteiger partial charge in [0.25, 0.3) is 0 Å². The molecule has 6 heteroatoms. The van der Waals surface area contributed by atoms with E-state index in [0.717, 1.165) is 39.8 Å². The first-order chi connectivity index (χ1) is 12.6. The van der Waals surface area contributed by atoms with Gasteiger partial charge in [-0.15, -0.1) is 0 Å². The second-order valence-electron chi connectivity index (χ2n) is 6.50. The molecule has 0 saturated heterocycles. The molecule has 1 N–H and O–H groups in total. The fourth-order valence-electron chi connectivity index (χ4n) is 2.95. The van der Waals surface area contributed by atoms with Crippen LogP contribution < -0.4 is 0 Å². The summed E-state index contributed by atoms with van der Waals surface area (Å²) in [5, 5.41) is 0.716. The molecule has 0 spiro atoms. The SMILES string of the molecule is CN(C)CCOCc1nc2c([nH]1)-c1ccccc1Sc1ccc(Cl)cc1-2. The van der Waals surface area contributed by atoms with Crippen molar-refractivity contribution in [1.82, 2.24) is 14.9 Å². The van der Waals surface area contributed by atoms with Crippen molar-refractivity contribution >= 4 is 23.4 Å². The largest absolute Gasteiger partial charge is 0.372 e. The summed E-state index contributed by atoms with van der Waals surface area (Å²) >= 11 is 8.02. The Balaban J connectivity index is 1.73. The van der Waals surface area contributed by atoms with E-state index in [1.165, 1.54) is 4.90 Å². The van der Waals surface area contributed by atoms with E-state index in [2.05, 4.69) is 40.2 Å². The van der Waals surface area contributed by atoms with Crippen LogP contribution in [0.5, 0.6) is 0 Å². The van der Waals surface area contributed by atoms with Gasteiger partial charge in [0.1, 0.15) is 12.4 Å². The number of halogens is 1. The molecule has 0 saturated carbocycles. The molecule has 4 rings (SSSR count). The highest BCUT2D eigenvalue weighted by molar-refractivity contribution is 7.99. The van der Waals surface area contributed by atoms with E-state index in [1.807, 2.05) is 26.2 Å². The molecule has 1 aromatic heterocycles. The molecule has 26 heavy (non-hydrogen) atoms. The summed E-state index contributed by atoms with van der Waals surface area (Å²) in [5.41, 5.74) is 4.18. The molecular formula is C20H20ClN3OS. The molecule has 134 valence electrons. The summed E-state index contributed by atoms with van der Waals surface area (Å²) in [6.07, 6.45) is 0. The zero-order valence-electron chi connectivity index (χ0n) is 14.8. The van der Waals surface area contributed by atoms with Crippen molar-refractivity contribution in [3.8, 4) is 22.5 Å². The molecule has 1 aliphatic heterocycles. The van der Waals surface area contributed by atoms with Crippen LogP contribution in [0.2, 0.25) is 5.02 Å². The van der Waals surface area contributed by atoms with E-state index < -0.39 is 0 Å². The Hall–Kier alpha value is -1.79. The Morgan fingerprint density at radius 2 is 1.92 bits per heavy atom. The molecule has 1 aliphatic rings. The van der Waals surface area contributed by atoms with Crippen molar-refractivity contribution in [1.29, 1.82) is 0 Å². The number of hydrogen-bond acceptors (Lipinski definition) is 4. The first-order valence-corrected chi connectivity index (χ1v) is 9.70. The number of fused-ring (bicyclic) bond motifs is 5. The lowest BCUT2D eigenvalue weighted by Gasteiger charge is -2.09. The third kappa shape index (κ3) is 3.53. The maximum Gasteiger partial charge on any atom is 0.133 e. The molecule has 0 aliphatic carbocycles. The van der Waals surface area contributed by atoms with Gasteiger partial charge in [0.2, 0.25) is 0 Å². The van der Waals surface area contributed by atoms with E-state index in [0.29, 0.717) is 18.2 Å². The van der Waals surface area contributed by atoms with Crippen LogP contribution in [0.4, 0.5) is 0 Å². The average molecular weight is 386 g/mol. The van der Waals surface area contributed by atoms with Crippen LogP contribution in [0, 0.1) is 0 Å². The van der Waals surface area contributed by atoms with Gasteiger partial charge in [-0.2, -0.15) is 0 Å². The molecule has 0 radical (unpaired) electrons. The minimum Gasteiger partial charge on any atom is -0.372 e. The van der Waals surface area contributed by atoms with Gasteiger partial charge >= 0.3 is 0 Å². The molecule has 2 aromatic carbocycles. The lowest BCUT2D eigenvalue weighted by molar-refractivity contribution is 0.101. The summed E-state index contributed by atoms with van der Waals surface area (Å²) in [5.74, 6) is 0.835. The van der Waals surface area contributed by atoms with Gasteiger partial charge in [-0.25, -0.2) is 4.98 Å². The van der Waals surface area contributed by atoms with Crippen LogP contribution in [-0.4, -0.2) is 42.1 Å². The number of nitrogens with zero attached hydrogens (tertiary/aromatic N) is 2. The number of nitrogens with one attached hydrogen (secondary N) is 1. The Labute approximate surface area is 162 Å². The second-order valence-corrected chi connectivity index (χ2v) is 8.02. The zero-order chi connectivity index (χ0) is 18.1. The topological polar surface area (TPSA) is 41.1 Å². The average Bonchev–Trinajstić information content (AvgIpc) is 2.99. The van der Waals surface area contributed by atoms with Gasteiger partial charge in [-0.1, -0.05) is 41.6 Å². The van der Waals surface area contributed by atoms with Gasteiger partial charge in [0.15, 0.2) is 0 Å². The highest BCUT2D eigenvalue weighted by atomic mass is 35.5. The normalized spacial score (nSPS) is 12.5. The number of aromatic nitrogens is 2. The molecule has 0 fully saturated rings. The summed E-state index contributed by atoms with van der Waals surface area (Å²) in [6, 6.07) is 14.4. The van der Waals surface area contributed by atoms with Gasteiger partial charge in [-0.3, -0.25) is 0 Å². The number of hydrogen-bond donors (Lipinski definition) is 1. The fraction of sp³-hybridized carbons (Fsp3) is 0.250. The number of benzene rings is 2. The maximum atomic E-state index is 6.27. The molecule has 0 bridgehead atoms. The molecule has 2 heterocycles. The first-order valence-electron chi connectivity index (χ1n) is 8.50. The van der Waals surface area contributed by atoms with Crippen LogP contribution in [0.1, 0.15) is 5.82 Å². The fourth-order valence-corrected chi connectivity index (χ4v) is 4.19. The summed E-state index contributed by atoms with van der Waals surface area (Å²) in [6.45, 7) is 2.03. The predicted molar refractivity (Wildman–Crippen MR) is 107 cm³/mol. The van der Waals surface area contributed by atoms with Crippen molar-refractivity contribution in [3.63, 3.8) is 0 Å². The van der Waals surface area contributed by atoms with Crippen LogP contribution in [0.25, 0.3) is 22.5 Å². The molecule has 0 atom stereocenters. The van der Waals surface area contributed by atoms with E-state index >= 15 is 0 Å². The Morgan fingerprint density at radius 1 is 1.12 bits per heavy atom. The van der Waals surface area contributed by atoms with Crippen LogP contribution in [-0.2, 0) is 11.3 Å². The van der Waals surface area contributed by atoms with E-state index in [1.54, 1.807) is 11.8 Å². The zero-order valence-corrected chi connectivity index (χ0v) is 16.3. The first kappa shape index (κ1) is 17.6. The Bertz CT molecular complexity index is 939. The maximum absolute atomic E-state index is 6.27. The van der Waals surface area contributed by atoms with Crippen molar-refractivity contribution in [3.05, 3.63) is 53.3 Å². The number of H-pyrrole nitrogens is 1. The van der Waals surface area contributed by atoms with Crippen molar-refractivity contribution in [2.75, 3.05) is 27.2 Å². The van der Waals surface area contributed by atoms with Gasteiger partial charge in [-0.05, 0) is 38.4 Å². The van der Waals surface area contributed by atoms with Crippen LogP contribution >= 0.6 is 23.4 Å². The van der Waals surface area contributed by atoms with E-state index in [-0.39, 0.29) is 0 Å². The van der Waals surface area contributed by atoms with Crippen molar-refractivity contribution < 1.29 is 4.74 Å². The minimum atomic E-state index is 0.464. The smallest absolute Gasteiger partial charge is 0.133 e. The van der Waals surface area contributed by atoms with Crippen molar-refractivity contribution in [2.45, 2.75) is 16.4 Å². The highest BCUT2D eigenvalue weighted by Gasteiger charge is 2.23. The number of rotatable bonds is 5.